The first kappa shape index (κ1) is 31.3. The van der Waals surface area contributed by atoms with Crippen LogP contribution in [0, 0.1) is 0 Å². The Morgan fingerprint density at radius 1 is 0.841 bits per heavy atom. The molecule has 3 aliphatic rings. The summed E-state index contributed by atoms with van der Waals surface area (Å²) in [5.74, 6) is 0.578. The van der Waals surface area contributed by atoms with Gasteiger partial charge in [-0.15, -0.1) is 0 Å². The third kappa shape index (κ3) is 6.97. The van der Waals surface area contributed by atoms with Gasteiger partial charge < -0.3 is 4.74 Å². The van der Waals surface area contributed by atoms with Crippen LogP contribution in [0.15, 0.2) is 86.6 Å². The van der Waals surface area contributed by atoms with Gasteiger partial charge in [-0.2, -0.15) is 39.5 Å². The number of allylic oxidation sites excluding steroid dienone is 4. The van der Waals surface area contributed by atoms with Crippen LogP contribution in [0.25, 0.3) is 5.57 Å². The van der Waals surface area contributed by atoms with Crippen LogP contribution in [0.2, 0.25) is 0 Å². The fourth-order valence-corrected chi connectivity index (χ4v) is 5.01. The average Bonchev–Trinajstić information content (AvgIpc) is 3.23. The maximum atomic E-state index is 13.9. The minimum absolute atomic E-state index is 0.126. The lowest BCUT2D eigenvalue weighted by Crippen LogP contribution is -2.14. The van der Waals surface area contributed by atoms with Crippen molar-refractivity contribution in [2.75, 3.05) is 6.61 Å². The number of hydrogen-bond acceptors (Lipinski definition) is 4. The summed E-state index contributed by atoms with van der Waals surface area (Å²) in [6.07, 6.45) is -8.18. The molecule has 0 N–H and O–H groups in total. The minimum Gasteiger partial charge on any atom is -0.498 e. The van der Waals surface area contributed by atoms with Crippen molar-refractivity contribution < 1.29 is 44.3 Å². The molecule has 2 aromatic rings. The summed E-state index contributed by atoms with van der Waals surface area (Å²) in [7, 11) is 0. The first-order chi connectivity index (χ1) is 20.6. The molecule has 3 aliphatic heterocycles. The maximum absolute atomic E-state index is 13.9. The Kier molecular flexibility index (Phi) is 8.34. The third-order valence-corrected chi connectivity index (χ3v) is 7.34. The Balaban J connectivity index is 1.38. The van der Waals surface area contributed by atoms with E-state index in [0.29, 0.717) is 47.2 Å². The van der Waals surface area contributed by atoms with E-state index in [1.54, 1.807) is 6.92 Å². The molecule has 0 saturated heterocycles. The number of aliphatic imine (C=N–C) groups is 3. The number of hydrogen-bond donors (Lipinski definition) is 0. The van der Waals surface area contributed by atoms with Crippen LogP contribution in [0.1, 0.15) is 60.4 Å². The Hall–Kier alpha value is -4.16. The number of amidine groups is 1. The summed E-state index contributed by atoms with van der Waals surface area (Å²) >= 11 is 0. The first-order valence-corrected chi connectivity index (χ1v) is 13.5. The van der Waals surface area contributed by atoms with Crippen LogP contribution >= 0.6 is 0 Å². The van der Waals surface area contributed by atoms with Gasteiger partial charge in [0.25, 0.3) is 0 Å². The minimum atomic E-state index is -5.03. The second-order valence-corrected chi connectivity index (χ2v) is 10.5. The van der Waals surface area contributed by atoms with Crippen LogP contribution in [0.4, 0.5) is 39.5 Å². The highest BCUT2D eigenvalue weighted by molar-refractivity contribution is 6.43. The molecule has 5 rings (SSSR count). The fourth-order valence-electron chi connectivity index (χ4n) is 5.01. The molecule has 232 valence electrons. The molecule has 0 spiro atoms. The second kappa shape index (κ2) is 11.7. The predicted octanol–water partition coefficient (Wildman–Crippen LogP) is 9.23. The first-order valence-electron chi connectivity index (χ1n) is 13.5. The molecular weight excluding hydrogens is 601 g/mol. The van der Waals surface area contributed by atoms with Crippen molar-refractivity contribution in [2.45, 2.75) is 57.2 Å². The zero-order valence-electron chi connectivity index (χ0n) is 23.0. The zero-order valence-corrected chi connectivity index (χ0v) is 23.0. The van der Waals surface area contributed by atoms with E-state index in [2.05, 4.69) is 15.0 Å². The van der Waals surface area contributed by atoms with Gasteiger partial charge >= 0.3 is 18.5 Å². The number of nitrogens with zero attached hydrogens (tertiary/aromatic N) is 3. The van der Waals surface area contributed by atoms with Crippen molar-refractivity contribution in [3.05, 3.63) is 99.5 Å². The van der Waals surface area contributed by atoms with Gasteiger partial charge in [-0.25, -0.2) is 9.98 Å². The van der Waals surface area contributed by atoms with Crippen molar-refractivity contribution in [1.82, 2.24) is 0 Å². The molecule has 3 heterocycles. The van der Waals surface area contributed by atoms with E-state index in [9.17, 15) is 39.5 Å². The van der Waals surface area contributed by atoms with E-state index in [-0.39, 0.29) is 48.5 Å². The molecule has 0 aliphatic carbocycles. The van der Waals surface area contributed by atoms with E-state index in [0.717, 1.165) is 18.2 Å². The van der Waals surface area contributed by atoms with E-state index < -0.39 is 35.2 Å². The fraction of sp³-hybridized carbons (Fsp3) is 0.323. The number of halogens is 9. The molecule has 2 aromatic carbocycles. The van der Waals surface area contributed by atoms with Gasteiger partial charge in [0.1, 0.15) is 5.71 Å². The highest BCUT2D eigenvalue weighted by atomic mass is 19.4. The monoisotopic (exact) mass is 625 g/mol. The number of alkyl halides is 9. The van der Waals surface area contributed by atoms with Gasteiger partial charge in [-0.05, 0) is 61.2 Å². The van der Waals surface area contributed by atoms with Crippen LogP contribution in [-0.2, 0) is 23.3 Å². The summed E-state index contributed by atoms with van der Waals surface area (Å²) < 4.78 is 126. The van der Waals surface area contributed by atoms with Gasteiger partial charge in [0, 0.05) is 24.6 Å². The average molecular weight is 626 g/mol. The van der Waals surface area contributed by atoms with Crippen LogP contribution in [0.3, 0.4) is 0 Å². The highest BCUT2D eigenvalue weighted by Crippen LogP contribution is 2.41. The van der Waals surface area contributed by atoms with Crippen molar-refractivity contribution in [3.8, 4) is 0 Å². The Morgan fingerprint density at radius 2 is 1.52 bits per heavy atom. The van der Waals surface area contributed by atoms with Gasteiger partial charge in [0.15, 0.2) is 5.84 Å². The Labute approximate surface area is 246 Å². The standard InChI is InChI=1S/C31H24F9N3O/c1-17-11-12-44-22(15-24(17)23-10-9-20(30(35,36)37)13-25(23)31(38,39)40)14-21-3-2-4-26-27(16-41-21)43-28(42-26)18-5-7-19(8-6-18)29(32,33)34/h4-10,13,15-16,21H,2-3,11-12,14H2,1H3. The molecule has 1 atom stereocenters. The number of fused-ring (bicyclic) bond motifs is 1. The van der Waals surface area contributed by atoms with E-state index in [4.69, 9.17) is 4.74 Å². The van der Waals surface area contributed by atoms with Gasteiger partial charge in [-0.1, -0.05) is 29.8 Å². The molecule has 4 nitrogen and oxygen atoms in total. The lowest BCUT2D eigenvalue weighted by Gasteiger charge is -2.18. The smallest absolute Gasteiger partial charge is 0.417 e. The lowest BCUT2D eigenvalue weighted by molar-refractivity contribution is -0.143. The molecule has 0 bridgehead atoms. The van der Waals surface area contributed by atoms with E-state index >= 15 is 0 Å². The van der Waals surface area contributed by atoms with Crippen LogP contribution in [0.5, 0.6) is 0 Å². The number of rotatable bonds is 4. The topological polar surface area (TPSA) is 46.3 Å². The summed E-state index contributed by atoms with van der Waals surface area (Å²) in [4.78, 5) is 13.4. The van der Waals surface area contributed by atoms with Crippen LogP contribution < -0.4 is 0 Å². The highest BCUT2D eigenvalue weighted by Gasteiger charge is 2.39. The normalized spacial score (nSPS) is 19.6. The van der Waals surface area contributed by atoms with E-state index in [1.807, 2.05) is 6.08 Å². The van der Waals surface area contributed by atoms with Crippen LogP contribution in [-0.4, -0.2) is 30.4 Å². The van der Waals surface area contributed by atoms with Crippen molar-refractivity contribution in [1.29, 1.82) is 0 Å². The molecule has 1 unspecified atom stereocenters. The molecule has 0 fully saturated rings. The summed E-state index contributed by atoms with van der Waals surface area (Å²) in [5.41, 5.74) is -1.92. The van der Waals surface area contributed by atoms with Gasteiger partial charge in [0.05, 0.1) is 40.8 Å². The molecule has 0 aromatic heterocycles. The quantitative estimate of drug-likeness (QED) is 0.313. The molecule has 0 amide bonds. The SMILES string of the molecule is CC1=C(c2ccc(C(F)(F)F)cc2C(F)(F)F)C=C(CC2CCC=C3N=C(c4ccc(C(F)(F)F)cc4)N=C3C=N2)OCC1. The summed E-state index contributed by atoms with van der Waals surface area (Å²) in [5, 5.41) is 0. The van der Waals surface area contributed by atoms with Crippen molar-refractivity contribution >= 4 is 23.3 Å². The maximum Gasteiger partial charge on any atom is 0.417 e. The second-order valence-electron chi connectivity index (χ2n) is 10.5. The summed E-state index contributed by atoms with van der Waals surface area (Å²) in [6.45, 7) is 1.78. The molecule has 0 saturated carbocycles. The lowest BCUT2D eigenvalue weighted by atomic mass is 9.92. The largest absolute Gasteiger partial charge is 0.498 e. The predicted molar refractivity (Wildman–Crippen MR) is 147 cm³/mol. The Bertz CT molecular complexity index is 1620. The number of benzene rings is 2. The third-order valence-electron chi connectivity index (χ3n) is 7.34. The van der Waals surface area contributed by atoms with Gasteiger partial charge in [-0.3, -0.25) is 4.99 Å². The number of ether oxygens (including phenoxy) is 1. The van der Waals surface area contributed by atoms with Crippen molar-refractivity contribution in [3.63, 3.8) is 0 Å². The Morgan fingerprint density at radius 3 is 2.18 bits per heavy atom. The van der Waals surface area contributed by atoms with E-state index in [1.165, 1.54) is 24.4 Å². The molecular formula is C31H24F9N3O. The molecule has 44 heavy (non-hydrogen) atoms. The van der Waals surface area contributed by atoms with Crippen molar-refractivity contribution in [2.24, 2.45) is 15.0 Å². The van der Waals surface area contributed by atoms with Gasteiger partial charge in [0.2, 0.25) is 0 Å². The zero-order chi connectivity index (χ0) is 31.9. The summed E-state index contributed by atoms with van der Waals surface area (Å²) in [6, 6.07) is 5.71. The molecule has 0 radical (unpaired) electrons. The molecule has 13 heteroatoms.